The lowest BCUT2D eigenvalue weighted by Gasteiger charge is -2.40. The number of hydrogen-bond donors (Lipinski definition) is 0. The number of rotatable bonds is 9. The van der Waals surface area contributed by atoms with E-state index >= 15 is 0 Å². The Bertz CT molecular complexity index is 849. The number of carbonyl (C=O) groups is 1. The van der Waals surface area contributed by atoms with Crippen molar-refractivity contribution in [1.29, 1.82) is 0 Å². The summed E-state index contributed by atoms with van der Waals surface area (Å²) in [6, 6.07) is 3.61. The second-order valence-corrected chi connectivity index (χ2v) is 6.55. The van der Waals surface area contributed by atoms with Gasteiger partial charge in [-0.15, -0.1) is 0 Å². The van der Waals surface area contributed by atoms with E-state index in [-0.39, 0.29) is 5.56 Å². The van der Waals surface area contributed by atoms with Gasteiger partial charge in [0.1, 0.15) is 0 Å². The van der Waals surface area contributed by atoms with Crippen LogP contribution in [0.25, 0.3) is 0 Å². The number of alkyl halides is 13. The minimum Gasteiger partial charge on any atom is -0.465 e. The Hall–Kier alpha value is -2.26. The second-order valence-electron chi connectivity index (χ2n) is 6.55. The Kier molecular flexibility index (Phi) is 7.70. The molecule has 0 saturated heterocycles. The lowest BCUT2D eigenvalue weighted by molar-refractivity contribution is -0.440. The van der Waals surface area contributed by atoms with E-state index in [9.17, 15) is 61.9 Å². The van der Waals surface area contributed by atoms with Crippen molar-refractivity contribution < 1.29 is 71.3 Å². The molecule has 0 N–H and O–H groups in total. The average molecular weight is 512 g/mol. The highest BCUT2D eigenvalue weighted by atomic mass is 19.4. The van der Waals surface area contributed by atoms with Gasteiger partial charge in [-0.2, -0.15) is 57.1 Å². The zero-order chi connectivity index (χ0) is 26.3. The van der Waals surface area contributed by atoms with Crippen LogP contribution in [0.5, 0.6) is 0 Å². The largest absolute Gasteiger partial charge is 0.465 e. The van der Waals surface area contributed by atoms with Gasteiger partial charge in [0.15, 0.2) is 0 Å². The second kappa shape index (κ2) is 8.83. The number of methoxy groups -OCH3 is 2. The predicted molar refractivity (Wildman–Crippen MR) is 82.9 cm³/mol. The molecule has 190 valence electrons. The van der Waals surface area contributed by atoms with Crippen LogP contribution in [0.15, 0.2) is 24.3 Å². The standard InChI is InChI=1S/C17H13F13O3/c1-32-10(8-4-3-5-9(6-8)11(31)33-2)7-12(18,19)13(20,21)14(22,23)15(24,25)16(26,27)17(28,29)30/h3-6,10H,7H2,1-2H3. The summed E-state index contributed by atoms with van der Waals surface area (Å²) in [4.78, 5) is 11.5. The summed E-state index contributed by atoms with van der Waals surface area (Å²) in [5.74, 6) is -38.5. The maximum absolute atomic E-state index is 14.1. The van der Waals surface area contributed by atoms with Crippen LogP contribution in [-0.2, 0) is 9.47 Å². The summed E-state index contributed by atoms with van der Waals surface area (Å²) in [5.41, 5.74) is -0.930. The molecule has 0 aromatic heterocycles. The fraction of sp³-hybridized carbons (Fsp3) is 0.588. The van der Waals surface area contributed by atoms with Gasteiger partial charge in [0.05, 0.1) is 18.8 Å². The molecule has 16 heteroatoms. The van der Waals surface area contributed by atoms with Crippen molar-refractivity contribution in [2.45, 2.75) is 48.3 Å². The quantitative estimate of drug-likeness (QED) is 0.288. The summed E-state index contributed by atoms with van der Waals surface area (Å²) in [6.07, 6.45) is -12.4. The van der Waals surface area contributed by atoms with Gasteiger partial charge in [-0.1, -0.05) is 12.1 Å². The van der Waals surface area contributed by atoms with Gasteiger partial charge in [0, 0.05) is 13.5 Å². The molecule has 3 nitrogen and oxygen atoms in total. The van der Waals surface area contributed by atoms with Crippen LogP contribution in [0.4, 0.5) is 57.1 Å². The highest BCUT2D eigenvalue weighted by molar-refractivity contribution is 5.89. The number of esters is 1. The number of halogens is 13. The smallest absolute Gasteiger partial charge is 0.460 e. The van der Waals surface area contributed by atoms with Gasteiger partial charge < -0.3 is 9.47 Å². The van der Waals surface area contributed by atoms with E-state index in [0.29, 0.717) is 7.11 Å². The number of hydrogen-bond acceptors (Lipinski definition) is 3. The molecule has 1 unspecified atom stereocenters. The lowest BCUT2D eigenvalue weighted by Crippen LogP contribution is -2.70. The first-order chi connectivity index (χ1) is 14.6. The molecule has 1 aromatic rings. The summed E-state index contributed by atoms with van der Waals surface area (Å²) in [5, 5.41) is 0. The molecule has 1 aromatic carbocycles. The van der Waals surface area contributed by atoms with E-state index < -0.39 is 59.8 Å². The summed E-state index contributed by atoms with van der Waals surface area (Å²) < 4.78 is 181. The monoisotopic (exact) mass is 512 g/mol. The third kappa shape index (κ3) is 4.71. The third-order valence-electron chi connectivity index (χ3n) is 4.40. The van der Waals surface area contributed by atoms with Crippen molar-refractivity contribution in [3.63, 3.8) is 0 Å². The fourth-order valence-electron chi connectivity index (χ4n) is 2.48. The van der Waals surface area contributed by atoms with Gasteiger partial charge >= 0.3 is 41.8 Å². The van der Waals surface area contributed by atoms with Crippen LogP contribution >= 0.6 is 0 Å². The molecule has 0 saturated carbocycles. The zero-order valence-corrected chi connectivity index (χ0v) is 16.2. The topological polar surface area (TPSA) is 35.5 Å². The highest BCUT2D eigenvalue weighted by Crippen LogP contribution is 2.61. The summed E-state index contributed by atoms with van der Waals surface area (Å²) in [6.45, 7) is 0. The van der Waals surface area contributed by atoms with Crippen molar-refractivity contribution in [3.05, 3.63) is 35.4 Å². The van der Waals surface area contributed by atoms with E-state index in [1.807, 2.05) is 0 Å². The van der Waals surface area contributed by atoms with Crippen LogP contribution < -0.4 is 0 Å². The van der Waals surface area contributed by atoms with Crippen molar-refractivity contribution in [1.82, 2.24) is 0 Å². The van der Waals surface area contributed by atoms with Crippen molar-refractivity contribution in [2.75, 3.05) is 14.2 Å². The van der Waals surface area contributed by atoms with E-state index in [4.69, 9.17) is 0 Å². The molecule has 0 fully saturated rings. The van der Waals surface area contributed by atoms with E-state index in [0.717, 1.165) is 31.4 Å². The van der Waals surface area contributed by atoms with Crippen LogP contribution in [-0.4, -0.2) is 56.0 Å². The minimum atomic E-state index is -7.97. The van der Waals surface area contributed by atoms with Crippen LogP contribution in [0.1, 0.15) is 28.4 Å². The SMILES string of the molecule is COC(=O)c1cccc(C(CC(F)(F)C(F)(F)C(F)(F)C(F)(F)C(F)(F)C(F)(F)F)OC)c1. The van der Waals surface area contributed by atoms with Crippen molar-refractivity contribution in [3.8, 4) is 0 Å². The molecule has 0 aliphatic rings. The fourth-order valence-corrected chi connectivity index (χ4v) is 2.48. The van der Waals surface area contributed by atoms with Crippen LogP contribution in [0, 0.1) is 0 Å². The molecule has 0 amide bonds. The highest BCUT2D eigenvalue weighted by Gasteiger charge is 2.90. The Morgan fingerprint density at radius 3 is 1.70 bits per heavy atom. The lowest BCUT2D eigenvalue weighted by atomic mass is 9.90. The van der Waals surface area contributed by atoms with Crippen molar-refractivity contribution in [2.24, 2.45) is 0 Å². The Morgan fingerprint density at radius 1 is 0.788 bits per heavy atom. The molecule has 1 atom stereocenters. The molecule has 0 aliphatic carbocycles. The Balaban J connectivity index is 3.43. The zero-order valence-electron chi connectivity index (χ0n) is 16.2. The molecule has 0 aliphatic heterocycles. The number of carbonyl (C=O) groups excluding carboxylic acids is 1. The molecule has 0 radical (unpaired) electrons. The molecular weight excluding hydrogens is 499 g/mol. The Morgan fingerprint density at radius 2 is 1.27 bits per heavy atom. The molecule has 0 heterocycles. The first-order valence-electron chi connectivity index (χ1n) is 8.29. The van der Waals surface area contributed by atoms with Crippen molar-refractivity contribution >= 4 is 5.97 Å². The van der Waals surface area contributed by atoms with Gasteiger partial charge in [0.25, 0.3) is 0 Å². The number of benzene rings is 1. The van der Waals surface area contributed by atoms with Gasteiger partial charge in [-0.05, 0) is 17.7 Å². The van der Waals surface area contributed by atoms with Crippen LogP contribution in [0.2, 0.25) is 0 Å². The summed E-state index contributed by atoms with van der Waals surface area (Å²) >= 11 is 0. The average Bonchev–Trinajstić information content (AvgIpc) is 2.69. The normalized spacial score (nSPS) is 15.4. The van der Waals surface area contributed by atoms with Gasteiger partial charge in [-0.3, -0.25) is 0 Å². The van der Waals surface area contributed by atoms with E-state index in [1.165, 1.54) is 0 Å². The van der Waals surface area contributed by atoms with E-state index in [1.54, 1.807) is 0 Å². The first kappa shape index (κ1) is 28.8. The molecule has 0 bridgehead atoms. The molecule has 33 heavy (non-hydrogen) atoms. The first-order valence-corrected chi connectivity index (χ1v) is 8.29. The van der Waals surface area contributed by atoms with Gasteiger partial charge in [0.2, 0.25) is 0 Å². The summed E-state index contributed by atoms with van der Waals surface area (Å²) in [7, 11) is 1.48. The van der Waals surface area contributed by atoms with Gasteiger partial charge in [-0.25, -0.2) is 4.79 Å². The molecule has 1 rings (SSSR count). The molecular formula is C17H13F13O3. The molecule has 0 spiro atoms. The maximum Gasteiger partial charge on any atom is 0.460 e. The van der Waals surface area contributed by atoms with Crippen LogP contribution in [0.3, 0.4) is 0 Å². The number of ether oxygens (including phenoxy) is 2. The van der Waals surface area contributed by atoms with E-state index in [2.05, 4.69) is 9.47 Å². The Labute approximate surface area is 176 Å². The maximum atomic E-state index is 14.1. The predicted octanol–water partition coefficient (Wildman–Crippen LogP) is 6.29. The third-order valence-corrected chi connectivity index (χ3v) is 4.40. The minimum absolute atomic E-state index is 0.367.